The molecule has 0 heterocycles. The number of hydrogen-bond acceptors (Lipinski definition) is 3. The molecule has 0 saturated heterocycles. The van der Waals surface area contributed by atoms with Gasteiger partial charge in [0.25, 0.3) is 8.32 Å². The number of aliphatic carboxylic acids is 1. The fraction of sp³-hybridized carbons (Fsp3) is 0.400. The average molecular weight is 427 g/mol. The van der Waals surface area contributed by atoms with Gasteiger partial charge in [0.05, 0.1) is 6.42 Å². The van der Waals surface area contributed by atoms with Crippen molar-refractivity contribution >= 4 is 26.4 Å². The Bertz CT molecular complexity index is 861. The van der Waals surface area contributed by atoms with Crippen LogP contribution in [-0.2, 0) is 11.2 Å². The van der Waals surface area contributed by atoms with Crippen molar-refractivity contribution in [3.05, 3.63) is 59.2 Å². The summed E-state index contributed by atoms with van der Waals surface area (Å²) in [6.07, 6.45) is 3.90. The molecule has 0 bridgehead atoms. The zero-order valence-corrected chi connectivity index (χ0v) is 19.8. The average Bonchev–Trinajstić information content (AvgIpc) is 2.64. The molecule has 5 heteroatoms. The number of aromatic hydroxyl groups is 1. The third-order valence-electron chi connectivity index (χ3n) is 5.72. The van der Waals surface area contributed by atoms with Gasteiger partial charge in [-0.05, 0) is 45.4 Å². The van der Waals surface area contributed by atoms with Gasteiger partial charge >= 0.3 is 5.97 Å². The van der Waals surface area contributed by atoms with Gasteiger partial charge in [0, 0.05) is 6.07 Å². The van der Waals surface area contributed by atoms with Crippen LogP contribution in [0.3, 0.4) is 0 Å². The Morgan fingerprint density at radius 3 is 1.93 bits per heavy atom. The van der Waals surface area contributed by atoms with Crippen molar-refractivity contribution in [2.24, 2.45) is 0 Å². The number of phenols is 1. The second-order valence-corrected chi connectivity index (χ2v) is 14.2. The lowest BCUT2D eigenvalue weighted by molar-refractivity contribution is -0.136. The lowest BCUT2D eigenvalue weighted by Crippen LogP contribution is -2.50. The first-order valence-corrected chi connectivity index (χ1v) is 12.7. The maximum absolute atomic E-state index is 10.8. The monoisotopic (exact) mass is 426 g/mol. The molecule has 0 saturated carbocycles. The maximum atomic E-state index is 10.8. The highest BCUT2D eigenvalue weighted by atomic mass is 28.4. The van der Waals surface area contributed by atoms with E-state index in [1.165, 1.54) is 0 Å². The van der Waals surface area contributed by atoms with Gasteiger partial charge < -0.3 is 14.6 Å². The Labute approximate surface area is 181 Å². The number of benzene rings is 2. The summed E-state index contributed by atoms with van der Waals surface area (Å²) >= 11 is 0. The van der Waals surface area contributed by atoms with Crippen molar-refractivity contribution in [3.8, 4) is 11.5 Å². The summed E-state index contributed by atoms with van der Waals surface area (Å²) in [6.45, 7) is 13.4. The van der Waals surface area contributed by atoms with Gasteiger partial charge in [-0.3, -0.25) is 4.79 Å². The molecule has 2 aromatic carbocycles. The molecule has 0 aliphatic heterocycles. The van der Waals surface area contributed by atoms with Crippen molar-refractivity contribution in [1.29, 1.82) is 0 Å². The zero-order chi connectivity index (χ0) is 22.5. The second-order valence-electron chi connectivity index (χ2n) is 8.83. The van der Waals surface area contributed by atoms with E-state index in [1.54, 1.807) is 12.1 Å². The lowest BCUT2D eigenvalue weighted by atomic mass is 10.1. The van der Waals surface area contributed by atoms with Crippen LogP contribution in [0.5, 0.6) is 11.5 Å². The molecule has 0 amide bonds. The molecule has 0 aliphatic carbocycles. The van der Waals surface area contributed by atoms with Crippen LogP contribution in [0.1, 0.15) is 58.2 Å². The predicted molar refractivity (Wildman–Crippen MR) is 126 cm³/mol. The molecular weight excluding hydrogens is 392 g/mol. The summed E-state index contributed by atoms with van der Waals surface area (Å²) < 4.78 is 6.70. The molecule has 2 rings (SSSR count). The summed E-state index contributed by atoms with van der Waals surface area (Å²) in [5, 5.41) is 19.1. The molecule has 0 unspecified atom stereocenters. The summed E-state index contributed by atoms with van der Waals surface area (Å²) in [7, 11) is -2.10. The lowest BCUT2D eigenvalue weighted by Gasteiger charge is -2.42. The third kappa shape index (κ3) is 5.76. The summed E-state index contributed by atoms with van der Waals surface area (Å²) in [5.74, 6) is 0.0618. The molecule has 2 N–H and O–H groups in total. The van der Waals surface area contributed by atoms with E-state index >= 15 is 0 Å². The first-order valence-electron chi connectivity index (χ1n) is 10.6. The molecular formula is C25H34O4Si. The summed E-state index contributed by atoms with van der Waals surface area (Å²) in [5.41, 5.74) is 3.93. The predicted octanol–water partition coefficient (Wildman–Crippen LogP) is 6.74. The standard InChI is InChI=1S/C25H34O4Si/c1-17(2)30(18(3)4,19(5)6)29-24-14-22(13-23(26)16-24)12-9-20-7-10-21(11-8-20)15-25(27)28/h7-14,16-19,26H,15H2,1-6H3,(H,27,28). The van der Waals surface area contributed by atoms with Crippen molar-refractivity contribution < 1.29 is 19.4 Å². The molecule has 2 aromatic rings. The summed E-state index contributed by atoms with van der Waals surface area (Å²) in [4.78, 5) is 10.8. The van der Waals surface area contributed by atoms with E-state index in [0.29, 0.717) is 22.4 Å². The molecule has 0 atom stereocenters. The molecule has 162 valence electrons. The first kappa shape index (κ1) is 23.7. The number of carbonyl (C=O) groups is 1. The van der Waals surface area contributed by atoms with E-state index in [9.17, 15) is 9.90 Å². The topological polar surface area (TPSA) is 66.8 Å². The minimum atomic E-state index is -2.10. The Morgan fingerprint density at radius 2 is 1.43 bits per heavy atom. The van der Waals surface area contributed by atoms with Crippen LogP contribution in [0, 0.1) is 0 Å². The van der Waals surface area contributed by atoms with Gasteiger partial charge in [-0.2, -0.15) is 0 Å². The number of phenolic OH excluding ortho intramolecular Hbond substituents is 1. The highest BCUT2D eigenvalue weighted by Gasteiger charge is 2.47. The number of carboxylic acids is 1. The molecule has 0 aromatic heterocycles. The number of rotatable bonds is 9. The first-order chi connectivity index (χ1) is 14.0. The van der Waals surface area contributed by atoms with E-state index in [-0.39, 0.29) is 12.2 Å². The number of carboxylic acid groups (broad SMARTS) is 1. The van der Waals surface area contributed by atoms with Crippen molar-refractivity contribution in [1.82, 2.24) is 0 Å². The van der Waals surface area contributed by atoms with Gasteiger partial charge in [0.2, 0.25) is 0 Å². The van der Waals surface area contributed by atoms with Crippen molar-refractivity contribution in [2.75, 3.05) is 0 Å². The Kier molecular flexibility index (Phi) is 7.90. The van der Waals surface area contributed by atoms with Crippen LogP contribution in [-0.4, -0.2) is 24.5 Å². The Morgan fingerprint density at radius 1 is 0.900 bits per heavy atom. The fourth-order valence-electron chi connectivity index (χ4n) is 4.43. The van der Waals surface area contributed by atoms with Crippen molar-refractivity contribution in [3.63, 3.8) is 0 Å². The molecule has 4 nitrogen and oxygen atoms in total. The SMILES string of the molecule is CC(C)[Si](Oc1cc(O)cc(C=Cc2ccc(CC(=O)O)cc2)c1)(C(C)C)C(C)C. The van der Waals surface area contributed by atoms with E-state index in [4.69, 9.17) is 9.53 Å². The van der Waals surface area contributed by atoms with Gasteiger partial charge in [-0.25, -0.2) is 0 Å². The molecule has 30 heavy (non-hydrogen) atoms. The van der Waals surface area contributed by atoms with E-state index in [1.807, 2.05) is 42.5 Å². The largest absolute Gasteiger partial charge is 0.543 e. The quantitative estimate of drug-likeness (QED) is 0.344. The van der Waals surface area contributed by atoms with Gasteiger partial charge in [-0.15, -0.1) is 0 Å². The highest BCUT2D eigenvalue weighted by molar-refractivity contribution is 6.78. The Balaban J connectivity index is 2.28. The van der Waals surface area contributed by atoms with Crippen molar-refractivity contribution in [2.45, 2.75) is 64.6 Å². The second kappa shape index (κ2) is 9.98. The number of hydrogen-bond donors (Lipinski definition) is 2. The van der Waals surface area contributed by atoms with Gasteiger partial charge in [-0.1, -0.05) is 78.0 Å². The minimum Gasteiger partial charge on any atom is -0.543 e. The fourth-order valence-corrected chi connectivity index (χ4v) is 9.67. The van der Waals surface area contributed by atoms with Crippen LogP contribution >= 0.6 is 0 Å². The van der Waals surface area contributed by atoms with Crippen LogP contribution < -0.4 is 4.43 Å². The van der Waals surface area contributed by atoms with Crippen LogP contribution in [0.25, 0.3) is 12.2 Å². The maximum Gasteiger partial charge on any atom is 0.307 e. The molecule has 0 spiro atoms. The third-order valence-corrected chi connectivity index (χ3v) is 11.7. The molecule has 0 aliphatic rings. The van der Waals surface area contributed by atoms with E-state index in [2.05, 4.69) is 41.5 Å². The van der Waals surface area contributed by atoms with Crippen LogP contribution in [0.2, 0.25) is 16.6 Å². The van der Waals surface area contributed by atoms with Crippen LogP contribution in [0.4, 0.5) is 0 Å². The van der Waals surface area contributed by atoms with E-state index in [0.717, 1.165) is 16.7 Å². The Hall–Kier alpha value is -2.53. The molecule has 0 radical (unpaired) electrons. The summed E-state index contributed by atoms with van der Waals surface area (Å²) in [6, 6.07) is 12.8. The normalized spacial score (nSPS) is 12.3. The van der Waals surface area contributed by atoms with Gasteiger partial charge in [0.15, 0.2) is 0 Å². The highest BCUT2D eigenvalue weighted by Crippen LogP contribution is 2.43. The zero-order valence-electron chi connectivity index (χ0n) is 18.8. The molecule has 0 fully saturated rings. The van der Waals surface area contributed by atoms with Crippen LogP contribution in [0.15, 0.2) is 42.5 Å². The van der Waals surface area contributed by atoms with Gasteiger partial charge in [0.1, 0.15) is 11.5 Å². The van der Waals surface area contributed by atoms with E-state index < -0.39 is 14.3 Å². The minimum absolute atomic E-state index is 0.0183. The smallest absolute Gasteiger partial charge is 0.307 e.